The number of nitrogens with zero attached hydrogens (tertiary/aromatic N) is 4. The van der Waals surface area contributed by atoms with Crippen molar-refractivity contribution < 1.29 is 4.79 Å². The van der Waals surface area contributed by atoms with Gasteiger partial charge < -0.3 is 10.2 Å². The molecule has 2 aromatic heterocycles. The molecule has 29 heavy (non-hydrogen) atoms. The number of likely N-dealkylation sites (tertiary alicyclic amines) is 1. The highest BCUT2D eigenvalue weighted by Gasteiger charge is 2.23. The molecule has 3 rings (SSSR count). The van der Waals surface area contributed by atoms with Gasteiger partial charge in [0.1, 0.15) is 0 Å². The summed E-state index contributed by atoms with van der Waals surface area (Å²) in [4.78, 5) is 23.6. The average molecular weight is 411 g/mol. The lowest BCUT2D eigenvalue weighted by Crippen LogP contribution is -2.38. The second-order valence-electron chi connectivity index (χ2n) is 7.04. The lowest BCUT2D eigenvalue weighted by Gasteiger charge is -2.31. The number of aliphatic imine (C=N–C) groups is 1. The van der Waals surface area contributed by atoms with Gasteiger partial charge in [0, 0.05) is 37.7 Å². The lowest BCUT2D eigenvalue weighted by molar-refractivity contribution is 0.0690. The van der Waals surface area contributed by atoms with Gasteiger partial charge in [-0.25, -0.2) is 0 Å². The van der Waals surface area contributed by atoms with Gasteiger partial charge in [-0.2, -0.15) is 5.26 Å². The van der Waals surface area contributed by atoms with Gasteiger partial charge >= 0.3 is 0 Å². The molecule has 0 bridgehead atoms. The number of hydrogen-bond acceptors (Lipinski definition) is 5. The summed E-state index contributed by atoms with van der Waals surface area (Å²) in [6, 6.07) is 7.48. The van der Waals surface area contributed by atoms with E-state index >= 15 is 0 Å². The number of aromatic nitrogens is 1. The normalized spacial score (nSPS) is 15.0. The Hall–Kier alpha value is -2.92. The highest BCUT2D eigenvalue weighted by molar-refractivity contribution is 7.12. The molecule has 152 valence electrons. The Balaban J connectivity index is 1.34. The maximum absolute atomic E-state index is 12.4. The molecule has 3 heterocycles. The third kappa shape index (κ3) is 6.57. The fourth-order valence-electron chi connectivity index (χ4n) is 3.45. The number of piperidine rings is 1. The van der Waals surface area contributed by atoms with E-state index in [1.165, 1.54) is 11.3 Å². The zero-order valence-electron chi connectivity index (χ0n) is 16.4. The molecule has 1 fully saturated rings. The van der Waals surface area contributed by atoms with Crippen molar-refractivity contribution in [1.82, 2.24) is 15.2 Å². The molecule has 0 radical (unpaired) electrons. The summed E-state index contributed by atoms with van der Waals surface area (Å²) in [6.45, 7) is 2.37. The number of nitrogens with one attached hydrogen (secondary N) is 2. The number of anilines is 1. The molecular formula is C21H26N6OS. The molecule has 0 aliphatic carbocycles. The zero-order chi connectivity index (χ0) is 20.3. The van der Waals surface area contributed by atoms with Crippen LogP contribution in [0.1, 0.15) is 41.8 Å². The third-order valence-electron chi connectivity index (χ3n) is 5.04. The summed E-state index contributed by atoms with van der Waals surface area (Å²) in [5, 5.41) is 16.5. The van der Waals surface area contributed by atoms with Crippen LogP contribution in [0.3, 0.4) is 0 Å². The van der Waals surface area contributed by atoms with Crippen molar-refractivity contribution >= 4 is 28.9 Å². The van der Waals surface area contributed by atoms with Crippen molar-refractivity contribution in [3.05, 3.63) is 46.9 Å². The first-order chi connectivity index (χ1) is 14.3. The first kappa shape index (κ1) is 20.8. The highest BCUT2D eigenvalue weighted by atomic mass is 32.1. The van der Waals surface area contributed by atoms with Crippen molar-refractivity contribution in [3.8, 4) is 6.19 Å². The molecule has 0 aromatic carbocycles. The van der Waals surface area contributed by atoms with E-state index in [1.807, 2.05) is 40.7 Å². The van der Waals surface area contributed by atoms with Crippen LogP contribution in [0.2, 0.25) is 0 Å². The number of nitriles is 1. The molecule has 1 amide bonds. The van der Waals surface area contributed by atoms with Gasteiger partial charge in [-0.1, -0.05) is 18.9 Å². The number of carbonyl (C=O) groups excluding carboxylic acids is 1. The van der Waals surface area contributed by atoms with E-state index in [4.69, 9.17) is 5.26 Å². The van der Waals surface area contributed by atoms with Gasteiger partial charge in [-0.3, -0.25) is 20.1 Å². The third-order valence-corrected chi connectivity index (χ3v) is 5.90. The Morgan fingerprint density at radius 3 is 2.76 bits per heavy atom. The summed E-state index contributed by atoms with van der Waals surface area (Å²) in [5.74, 6) is 1.31. The van der Waals surface area contributed by atoms with Crippen LogP contribution in [-0.2, 0) is 0 Å². The second kappa shape index (κ2) is 11.2. The molecule has 2 N–H and O–H groups in total. The molecular weight excluding hydrogens is 384 g/mol. The lowest BCUT2D eigenvalue weighted by atomic mass is 9.91. The first-order valence-corrected chi connectivity index (χ1v) is 10.8. The number of thiophene rings is 1. The average Bonchev–Trinajstić information content (AvgIpc) is 3.29. The molecule has 8 heteroatoms. The summed E-state index contributed by atoms with van der Waals surface area (Å²) in [6.07, 6.45) is 10.7. The standard InChI is InChI=1S/C21H26N6OS/c22-16-25-21(26-18-6-11-23-12-7-18)24-10-2-1-4-17-8-13-27(14-9-17)20(28)19-5-3-15-29-19/h3,5-7,11-12,15,17H,1-2,4,8-10,13-14H2,(H2,23,24,25,26). The first-order valence-electron chi connectivity index (χ1n) is 9.95. The number of unbranched alkanes of at least 4 members (excludes halogenated alkanes) is 1. The summed E-state index contributed by atoms with van der Waals surface area (Å²) in [5.41, 5.74) is 0.838. The fourth-order valence-corrected chi connectivity index (χ4v) is 4.14. The number of rotatable bonds is 7. The number of hydrogen-bond donors (Lipinski definition) is 2. The van der Waals surface area contributed by atoms with Crippen LogP contribution in [0, 0.1) is 17.4 Å². The maximum Gasteiger partial charge on any atom is 0.263 e. The monoisotopic (exact) mass is 410 g/mol. The Kier molecular flexibility index (Phi) is 8.01. The largest absolute Gasteiger partial charge is 0.338 e. The molecule has 2 aromatic rings. The Labute approximate surface area is 175 Å². The highest BCUT2D eigenvalue weighted by Crippen LogP contribution is 2.24. The van der Waals surface area contributed by atoms with Crippen LogP contribution in [0.15, 0.2) is 47.0 Å². The van der Waals surface area contributed by atoms with Gasteiger partial charge in [0.25, 0.3) is 5.91 Å². The van der Waals surface area contributed by atoms with Crippen molar-refractivity contribution in [2.24, 2.45) is 10.9 Å². The van der Waals surface area contributed by atoms with Crippen molar-refractivity contribution in [2.45, 2.75) is 32.1 Å². The smallest absolute Gasteiger partial charge is 0.263 e. The van der Waals surface area contributed by atoms with Gasteiger partial charge in [-0.15, -0.1) is 11.3 Å². The molecule has 7 nitrogen and oxygen atoms in total. The number of guanidine groups is 1. The van der Waals surface area contributed by atoms with Gasteiger partial charge in [0.15, 0.2) is 6.19 Å². The Morgan fingerprint density at radius 1 is 1.28 bits per heavy atom. The van der Waals surface area contributed by atoms with E-state index in [2.05, 4.69) is 20.6 Å². The zero-order valence-corrected chi connectivity index (χ0v) is 17.2. The maximum atomic E-state index is 12.4. The van der Waals surface area contributed by atoms with Crippen LogP contribution < -0.4 is 10.6 Å². The van der Waals surface area contributed by atoms with Crippen LogP contribution in [0.4, 0.5) is 5.69 Å². The van der Waals surface area contributed by atoms with Crippen molar-refractivity contribution in [2.75, 3.05) is 25.0 Å². The fraction of sp³-hybridized carbons (Fsp3) is 0.429. The second-order valence-corrected chi connectivity index (χ2v) is 7.98. The van der Waals surface area contributed by atoms with Gasteiger partial charge in [0.2, 0.25) is 5.96 Å². The topological polar surface area (TPSA) is 93.4 Å². The molecule has 0 spiro atoms. The van der Waals surface area contributed by atoms with Gasteiger partial charge in [-0.05, 0) is 48.8 Å². The quantitative estimate of drug-likeness (QED) is 0.239. The minimum atomic E-state index is 0.173. The molecule has 0 saturated carbocycles. The molecule has 1 aliphatic rings. The summed E-state index contributed by atoms with van der Waals surface area (Å²) < 4.78 is 0. The van der Waals surface area contributed by atoms with E-state index in [1.54, 1.807) is 12.4 Å². The number of pyridine rings is 1. The van der Waals surface area contributed by atoms with E-state index in [9.17, 15) is 4.79 Å². The van der Waals surface area contributed by atoms with E-state index in [0.29, 0.717) is 18.4 Å². The predicted molar refractivity (Wildman–Crippen MR) is 116 cm³/mol. The molecule has 0 atom stereocenters. The predicted octanol–water partition coefficient (Wildman–Crippen LogP) is 3.70. The SMILES string of the molecule is N#CNC(=NCCCCC1CCN(C(=O)c2cccs2)CC1)Nc1ccncc1. The van der Waals surface area contributed by atoms with E-state index in [0.717, 1.165) is 55.8 Å². The molecule has 1 aliphatic heterocycles. The summed E-state index contributed by atoms with van der Waals surface area (Å²) >= 11 is 1.51. The van der Waals surface area contributed by atoms with Crippen molar-refractivity contribution in [1.29, 1.82) is 5.26 Å². The minimum absolute atomic E-state index is 0.173. The number of carbonyl (C=O) groups is 1. The molecule has 1 saturated heterocycles. The number of amides is 1. The van der Waals surface area contributed by atoms with Crippen LogP contribution in [0.25, 0.3) is 0 Å². The Bertz CT molecular complexity index is 823. The minimum Gasteiger partial charge on any atom is -0.338 e. The van der Waals surface area contributed by atoms with E-state index in [-0.39, 0.29) is 5.91 Å². The van der Waals surface area contributed by atoms with Crippen LogP contribution in [-0.4, -0.2) is 41.4 Å². The van der Waals surface area contributed by atoms with Crippen molar-refractivity contribution in [3.63, 3.8) is 0 Å². The van der Waals surface area contributed by atoms with E-state index < -0.39 is 0 Å². The van der Waals surface area contributed by atoms with Crippen LogP contribution in [0.5, 0.6) is 0 Å². The van der Waals surface area contributed by atoms with Gasteiger partial charge in [0.05, 0.1) is 4.88 Å². The molecule has 0 unspecified atom stereocenters. The van der Waals surface area contributed by atoms with Crippen LogP contribution >= 0.6 is 11.3 Å². The Morgan fingerprint density at radius 2 is 2.07 bits per heavy atom. The summed E-state index contributed by atoms with van der Waals surface area (Å²) in [7, 11) is 0.